The first-order chi connectivity index (χ1) is 48.5. The SMILES string of the molecule is CC(C)C[C@H]1C(=O)N(C)[C@@H](C(C)C)C(=O)N[C@@H](Cc2ccccc2)C(=O)N[C@H](C(=O)N(C)C(Cc2ccccc2)C(=O)NC(C)C(=O)N2CCCCC2)CC(=O)N(C)[C@@H](C)C(=O)N[C@@H](C(C)C)C(=O)N(C)[C@@H](CC(C)C)C(=O)N[C@@H]([C@@H](C)O)C(=O)N(C)[C@@H](Cc2ccccc2)C(=O)NCC(=O)N1C. The Kier molecular flexibility index (Phi) is 32.3. The van der Waals surface area contributed by atoms with Crippen LogP contribution in [0.25, 0.3) is 0 Å². The van der Waals surface area contributed by atoms with Crippen LogP contribution in [0.1, 0.15) is 131 Å². The fourth-order valence-corrected chi connectivity index (χ4v) is 13.0. The molecule has 103 heavy (non-hydrogen) atoms. The van der Waals surface area contributed by atoms with E-state index in [9.17, 15) is 43.5 Å². The largest absolute Gasteiger partial charge is 0.391 e. The Hall–Kier alpha value is -9.27. The summed E-state index contributed by atoms with van der Waals surface area (Å²) in [4.78, 5) is 201. The molecule has 13 amide bonds. The Morgan fingerprint density at radius 2 is 1.03 bits per heavy atom. The van der Waals surface area contributed by atoms with Crippen LogP contribution in [0.15, 0.2) is 91.0 Å². The van der Waals surface area contributed by atoms with Gasteiger partial charge in [0.2, 0.25) is 76.8 Å². The van der Waals surface area contributed by atoms with E-state index in [0.29, 0.717) is 29.8 Å². The summed E-state index contributed by atoms with van der Waals surface area (Å²) in [5, 5.41) is 27.8. The first-order valence-electron chi connectivity index (χ1n) is 35.9. The number of likely N-dealkylation sites (tertiary alicyclic amines) is 1. The van der Waals surface area contributed by atoms with Crippen LogP contribution in [0.4, 0.5) is 0 Å². The zero-order chi connectivity index (χ0) is 76.9. The number of rotatable bonds is 18. The van der Waals surface area contributed by atoms with E-state index >= 15 is 24.0 Å². The highest BCUT2D eigenvalue weighted by atomic mass is 16.3. The molecule has 2 saturated heterocycles. The Labute approximate surface area is 607 Å². The molecule has 27 nitrogen and oxygen atoms in total. The average Bonchev–Trinajstić information content (AvgIpc) is 0.838. The summed E-state index contributed by atoms with van der Waals surface area (Å²) in [5.41, 5.74) is 1.77. The molecule has 0 aliphatic carbocycles. The van der Waals surface area contributed by atoms with Gasteiger partial charge < -0.3 is 71.3 Å². The Morgan fingerprint density at radius 1 is 0.524 bits per heavy atom. The highest BCUT2D eigenvalue weighted by Gasteiger charge is 2.44. The van der Waals surface area contributed by atoms with Crippen LogP contribution in [0, 0.1) is 23.7 Å². The molecular weight excluding hydrogens is 1320 g/mol. The summed E-state index contributed by atoms with van der Waals surface area (Å²) in [6.07, 6.45) is -0.170. The molecule has 2 unspecified atom stereocenters. The third kappa shape index (κ3) is 23.6. The molecule has 0 spiro atoms. The minimum absolute atomic E-state index is 0.0248. The van der Waals surface area contributed by atoms with Gasteiger partial charge in [-0.3, -0.25) is 62.3 Å². The number of aliphatic hydroxyl groups excluding tert-OH is 1. The molecule has 2 heterocycles. The predicted octanol–water partition coefficient (Wildman–Crippen LogP) is 2.46. The quantitative estimate of drug-likeness (QED) is 0.0963. The van der Waals surface area contributed by atoms with E-state index in [1.165, 1.54) is 65.9 Å². The van der Waals surface area contributed by atoms with Crippen LogP contribution >= 0.6 is 0 Å². The van der Waals surface area contributed by atoms with Gasteiger partial charge in [-0.05, 0) is 93.2 Å². The lowest BCUT2D eigenvalue weighted by atomic mass is 9.96. The number of nitrogens with zero attached hydrogens (tertiary/aromatic N) is 7. The molecule has 0 saturated carbocycles. The number of nitrogens with one attached hydrogen (secondary N) is 6. The number of hydrogen-bond donors (Lipinski definition) is 7. The monoisotopic (exact) mass is 1430 g/mol. The van der Waals surface area contributed by atoms with Crippen LogP contribution < -0.4 is 31.9 Å². The summed E-state index contributed by atoms with van der Waals surface area (Å²) in [7, 11) is 8.06. The van der Waals surface area contributed by atoms with Gasteiger partial charge in [0.05, 0.1) is 19.1 Å². The minimum atomic E-state index is -1.85. The van der Waals surface area contributed by atoms with Crippen molar-refractivity contribution < 1.29 is 67.4 Å². The Balaban J connectivity index is 1.68. The molecule has 2 aliphatic rings. The fraction of sp³-hybridized carbons (Fsp3) is 0.592. The van der Waals surface area contributed by atoms with Gasteiger partial charge in [-0.15, -0.1) is 0 Å². The smallest absolute Gasteiger partial charge is 0.248 e. The molecule has 0 radical (unpaired) electrons. The highest BCUT2D eigenvalue weighted by molar-refractivity contribution is 6.01. The average molecular weight is 1430 g/mol. The van der Waals surface area contributed by atoms with Gasteiger partial charge in [-0.2, -0.15) is 0 Å². The number of carbonyl (C=O) groups is 13. The maximum atomic E-state index is 15.6. The van der Waals surface area contributed by atoms with E-state index in [4.69, 9.17) is 0 Å². The number of piperidine rings is 1. The van der Waals surface area contributed by atoms with Crippen molar-refractivity contribution in [2.45, 2.75) is 207 Å². The molecule has 3 aromatic rings. The van der Waals surface area contributed by atoms with Gasteiger partial charge in [0.15, 0.2) is 0 Å². The number of aliphatic hydroxyl groups is 1. The zero-order valence-electron chi connectivity index (χ0n) is 63.3. The number of likely N-dealkylation sites (N-methyl/N-ethyl adjacent to an activating group) is 6. The summed E-state index contributed by atoms with van der Waals surface area (Å²) in [6.45, 7) is 18.5. The molecule has 0 aromatic heterocycles. The van der Waals surface area contributed by atoms with Gasteiger partial charge in [-0.1, -0.05) is 146 Å². The first-order valence-corrected chi connectivity index (χ1v) is 35.9. The van der Waals surface area contributed by atoms with Crippen molar-refractivity contribution >= 4 is 76.8 Å². The third-order valence-electron chi connectivity index (χ3n) is 19.4. The van der Waals surface area contributed by atoms with Crippen LogP contribution in [0.2, 0.25) is 0 Å². The van der Waals surface area contributed by atoms with Crippen molar-refractivity contribution in [1.29, 1.82) is 0 Å². The normalized spacial score (nSPS) is 23.9. The molecule has 5 rings (SSSR count). The van der Waals surface area contributed by atoms with Crippen molar-refractivity contribution in [2.24, 2.45) is 23.7 Å². The van der Waals surface area contributed by atoms with Crippen molar-refractivity contribution in [3.63, 3.8) is 0 Å². The molecule has 3 aromatic carbocycles. The first kappa shape index (κ1) is 84.4. The summed E-state index contributed by atoms with van der Waals surface area (Å²) in [6, 6.07) is 10.6. The number of amides is 13. The van der Waals surface area contributed by atoms with Crippen molar-refractivity contribution in [2.75, 3.05) is 61.9 Å². The van der Waals surface area contributed by atoms with E-state index < -0.39 is 168 Å². The topological polar surface area (TPSA) is 337 Å². The molecule has 0 bridgehead atoms. The lowest BCUT2D eigenvalue weighted by Crippen LogP contribution is -2.62. The van der Waals surface area contributed by atoms with Crippen LogP contribution in [-0.2, 0) is 81.6 Å². The maximum Gasteiger partial charge on any atom is 0.248 e. The van der Waals surface area contributed by atoms with Gasteiger partial charge in [0, 0.05) is 74.6 Å². The molecule has 27 heteroatoms. The van der Waals surface area contributed by atoms with E-state index in [2.05, 4.69) is 31.9 Å². The fourth-order valence-electron chi connectivity index (χ4n) is 13.0. The van der Waals surface area contributed by atoms with E-state index in [1.54, 1.807) is 144 Å². The molecule has 12 atom stereocenters. The maximum absolute atomic E-state index is 15.6. The second-order valence-corrected chi connectivity index (χ2v) is 29.2. The van der Waals surface area contributed by atoms with Gasteiger partial charge in [-0.25, -0.2) is 0 Å². The summed E-state index contributed by atoms with van der Waals surface area (Å²) >= 11 is 0. The standard InChI is InChI=1S/C76H113N13O14/c1-45(2)38-57-70(97)82-64(51(11)90)76(103)87(16)58(41-53-32-24-19-25-33-53)68(95)77-44-62(92)84(13)60(39-46(3)4)74(101)88(17)65(48(7)8)71(98)79-55(40-52-30-22-18-23-31-52)67(94)80-56(43-61(91)83(12)50(10)66(93)81-63(47(5)6)75(102)86(57)15)73(100)85(14)59(42-54-34-26-20-27-35-54)69(96)78-49(9)72(99)89-36-28-21-29-37-89/h18-20,22-27,30-35,45-51,55-60,63-65,90H,21,28-29,36-44H2,1-17H3,(H,77,95)(H,78,96)(H,79,98)(H,80,94)(H,81,93)(H,82,97)/t49?,50-,51+,55-,56-,57-,58-,59?,60-,63-,64-,65-/m0/s1. The highest BCUT2D eigenvalue weighted by Crippen LogP contribution is 2.23. The summed E-state index contributed by atoms with van der Waals surface area (Å²) < 4.78 is 0. The Bertz CT molecular complexity index is 3410. The van der Waals surface area contributed by atoms with E-state index in [0.717, 1.165) is 38.9 Å². The number of hydrogen-bond acceptors (Lipinski definition) is 14. The van der Waals surface area contributed by atoms with Crippen molar-refractivity contribution in [1.82, 2.24) is 66.2 Å². The van der Waals surface area contributed by atoms with Crippen LogP contribution in [0.3, 0.4) is 0 Å². The lowest BCUT2D eigenvalue weighted by molar-refractivity contribution is -0.150. The van der Waals surface area contributed by atoms with Crippen LogP contribution in [0.5, 0.6) is 0 Å². The summed E-state index contributed by atoms with van der Waals surface area (Å²) in [5.74, 6) is -12.0. The third-order valence-corrected chi connectivity index (χ3v) is 19.4. The van der Waals surface area contributed by atoms with Gasteiger partial charge in [0.25, 0.3) is 0 Å². The second kappa shape index (κ2) is 39.4. The molecule has 7 N–H and O–H groups in total. The van der Waals surface area contributed by atoms with Gasteiger partial charge >= 0.3 is 0 Å². The van der Waals surface area contributed by atoms with Crippen molar-refractivity contribution in [3.8, 4) is 0 Å². The lowest BCUT2D eigenvalue weighted by Gasteiger charge is -2.37. The number of benzene rings is 3. The molecule has 566 valence electrons. The van der Waals surface area contributed by atoms with Gasteiger partial charge in [0.1, 0.15) is 66.5 Å². The minimum Gasteiger partial charge on any atom is -0.391 e. The number of carbonyl (C=O) groups excluding carboxylic acids is 13. The van der Waals surface area contributed by atoms with Crippen LogP contribution in [-0.4, -0.2) is 251 Å². The second-order valence-electron chi connectivity index (χ2n) is 29.2. The molecule has 2 fully saturated rings. The molecular formula is C76H113N13O14. The predicted molar refractivity (Wildman–Crippen MR) is 389 cm³/mol. The zero-order valence-corrected chi connectivity index (χ0v) is 63.3. The van der Waals surface area contributed by atoms with Crippen molar-refractivity contribution in [3.05, 3.63) is 108 Å². The van der Waals surface area contributed by atoms with E-state index in [1.807, 2.05) is 13.8 Å². The van der Waals surface area contributed by atoms with E-state index in [-0.39, 0.29) is 49.8 Å². The Morgan fingerprint density at radius 3 is 1.55 bits per heavy atom. The molecule has 2 aliphatic heterocycles.